The van der Waals surface area contributed by atoms with Crippen molar-refractivity contribution in [1.29, 1.82) is 0 Å². The van der Waals surface area contributed by atoms with E-state index in [-0.39, 0.29) is 22.8 Å². The van der Waals surface area contributed by atoms with Crippen LogP contribution in [0.4, 0.5) is 0 Å². The van der Waals surface area contributed by atoms with Crippen LogP contribution in [0.25, 0.3) is 0 Å². The van der Waals surface area contributed by atoms with Gasteiger partial charge in [0.15, 0.2) is 6.79 Å². The van der Waals surface area contributed by atoms with Gasteiger partial charge in [0, 0.05) is 12.3 Å². The lowest BCUT2D eigenvalue weighted by Gasteiger charge is -2.11. The monoisotopic (exact) mass is 407 g/mol. The summed E-state index contributed by atoms with van der Waals surface area (Å²) in [4.78, 5) is 26.9. The Morgan fingerprint density at radius 3 is 2.71 bits per heavy atom. The van der Waals surface area contributed by atoms with Gasteiger partial charge >= 0.3 is 0 Å². The average Bonchev–Trinajstić information content (AvgIpc) is 2.71. The van der Waals surface area contributed by atoms with Crippen molar-refractivity contribution in [2.45, 2.75) is 30.8 Å². The first-order valence-corrected chi connectivity index (χ1v) is 9.92. The molecule has 1 heterocycles. The van der Waals surface area contributed by atoms with Gasteiger partial charge in [0.1, 0.15) is 12.0 Å². The lowest BCUT2D eigenvalue weighted by atomic mass is 10.2. The van der Waals surface area contributed by atoms with Crippen molar-refractivity contribution >= 4 is 22.2 Å². The fraction of sp³-hybridized carbons (Fsp3) is 0.278. The molecule has 0 aliphatic rings. The van der Waals surface area contributed by atoms with Crippen LogP contribution in [0.5, 0.6) is 5.75 Å². The van der Waals surface area contributed by atoms with Crippen molar-refractivity contribution in [3.8, 4) is 5.75 Å². The second-order valence-corrected chi connectivity index (χ2v) is 7.50. The largest absolute Gasteiger partial charge is 0.468 e. The van der Waals surface area contributed by atoms with Gasteiger partial charge in [0.25, 0.3) is 5.91 Å². The quantitative estimate of drug-likeness (QED) is 0.388. The summed E-state index contributed by atoms with van der Waals surface area (Å²) in [7, 11) is -3.82. The molecule has 1 amide bonds. The van der Waals surface area contributed by atoms with Crippen molar-refractivity contribution in [2.24, 2.45) is 0 Å². The molecular weight excluding hydrogens is 386 g/mol. The zero-order valence-electron chi connectivity index (χ0n) is 15.2. The standard InChI is InChI=1S/C18H21N3O6S/c1-2-14(11-22)21-18(24)13-6-7-15(19-9-13)10-20-28(25,26)17-5-3-4-16(8-17)27-12-23/h3-9,11,14,20,23H,2,10,12H2,1H3,(H,21,24). The van der Waals surface area contributed by atoms with E-state index in [1.54, 1.807) is 6.92 Å². The van der Waals surface area contributed by atoms with E-state index in [0.717, 1.165) is 0 Å². The van der Waals surface area contributed by atoms with Crippen molar-refractivity contribution in [3.63, 3.8) is 0 Å². The van der Waals surface area contributed by atoms with Crippen LogP contribution in [-0.2, 0) is 21.4 Å². The summed E-state index contributed by atoms with van der Waals surface area (Å²) in [5.74, 6) is -0.209. The highest BCUT2D eigenvalue weighted by atomic mass is 32.2. The fourth-order valence-corrected chi connectivity index (χ4v) is 3.24. The minimum Gasteiger partial charge on any atom is -0.468 e. The molecule has 1 aromatic carbocycles. The summed E-state index contributed by atoms with van der Waals surface area (Å²) in [6, 6.07) is 8.15. The van der Waals surface area contributed by atoms with Crippen LogP contribution in [0.15, 0.2) is 47.5 Å². The highest BCUT2D eigenvalue weighted by molar-refractivity contribution is 7.89. The number of carbonyl (C=O) groups is 2. The summed E-state index contributed by atoms with van der Waals surface area (Å²) < 4.78 is 32.0. The Hall–Kier alpha value is -2.82. The van der Waals surface area contributed by atoms with Gasteiger partial charge in [-0.25, -0.2) is 13.1 Å². The molecule has 0 aliphatic carbocycles. The zero-order valence-corrected chi connectivity index (χ0v) is 16.0. The molecule has 0 saturated heterocycles. The van der Waals surface area contributed by atoms with Crippen molar-refractivity contribution in [2.75, 3.05) is 6.79 Å². The van der Waals surface area contributed by atoms with Gasteiger partial charge in [-0.15, -0.1) is 0 Å². The maximum atomic E-state index is 12.4. The van der Waals surface area contributed by atoms with E-state index in [0.29, 0.717) is 18.4 Å². The molecule has 0 bridgehead atoms. The topological polar surface area (TPSA) is 135 Å². The number of aromatic nitrogens is 1. The molecule has 150 valence electrons. The Balaban J connectivity index is 2.01. The molecule has 9 nitrogen and oxygen atoms in total. The summed E-state index contributed by atoms with van der Waals surface area (Å²) in [5, 5.41) is 11.3. The van der Waals surface area contributed by atoms with Crippen LogP contribution < -0.4 is 14.8 Å². The number of aliphatic hydroxyl groups excluding tert-OH is 1. The van der Waals surface area contributed by atoms with E-state index in [9.17, 15) is 18.0 Å². The fourth-order valence-electron chi connectivity index (χ4n) is 2.21. The van der Waals surface area contributed by atoms with E-state index in [1.165, 1.54) is 42.6 Å². The predicted molar refractivity (Wildman–Crippen MR) is 100 cm³/mol. The van der Waals surface area contributed by atoms with Gasteiger partial charge in [-0.1, -0.05) is 13.0 Å². The molecule has 28 heavy (non-hydrogen) atoms. The molecule has 0 radical (unpaired) electrons. The van der Waals surface area contributed by atoms with E-state index < -0.39 is 28.8 Å². The number of ether oxygens (including phenoxy) is 1. The van der Waals surface area contributed by atoms with Crippen LogP contribution in [0.1, 0.15) is 29.4 Å². The van der Waals surface area contributed by atoms with Gasteiger partial charge in [-0.2, -0.15) is 0 Å². The lowest BCUT2D eigenvalue weighted by molar-refractivity contribution is -0.109. The van der Waals surface area contributed by atoms with Gasteiger partial charge < -0.3 is 20.0 Å². The molecule has 1 unspecified atom stereocenters. The molecule has 0 aliphatic heterocycles. The Morgan fingerprint density at radius 1 is 1.32 bits per heavy atom. The van der Waals surface area contributed by atoms with Crippen molar-refractivity contribution < 1.29 is 27.9 Å². The van der Waals surface area contributed by atoms with Gasteiger partial charge in [0.05, 0.1) is 28.7 Å². The highest BCUT2D eigenvalue weighted by Crippen LogP contribution is 2.17. The molecule has 0 spiro atoms. The normalized spacial score (nSPS) is 12.2. The van der Waals surface area contributed by atoms with Crippen molar-refractivity contribution in [3.05, 3.63) is 53.9 Å². The molecule has 2 rings (SSSR count). The second-order valence-electron chi connectivity index (χ2n) is 5.74. The maximum Gasteiger partial charge on any atom is 0.253 e. The van der Waals surface area contributed by atoms with E-state index >= 15 is 0 Å². The zero-order chi connectivity index (χ0) is 20.6. The van der Waals surface area contributed by atoms with Crippen LogP contribution in [-0.4, -0.2) is 43.5 Å². The predicted octanol–water partition coefficient (Wildman–Crippen LogP) is 0.596. The number of aliphatic hydroxyl groups is 1. The third-order valence-electron chi connectivity index (χ3n) is 3.80. The number of nitrogens with zero attached hydrogens (tertiary/aromatic N) is 1. The van der Waals surface area contributed by atoms with Gasteiger partial charge in [-0.3, -0.25) is 9.78 Å². The second kappa shape index (κ2) is 9.93. The Morgan fingerprint density at radius 2 is 2.11 bits per heavy atom. The first-order chi connectivity index (χ1) is 13.4. The van der Waals surface area contributed by atoms with Crippen LogP contribution in [0.2, 0.25) is 0 Å². The van der Waals surface area contributed by atoms with E-state index in [1.807, 2.05) is 0 Å². The number of aldehydes is 1. The lowest BCUT2D eigenvalue weighted by Crippen LogP contribution is -2.35. The highest BCUT2D eigenvalue weighted by Gasteiger charge is 2.16. The number of pyridine rings is 1. The number of sulfonamides is 1. The number of rotatable bonds is 10. The van der Waals surface area contributed by atoms with Crippen molar-refractivity contribution in [1.82, 2.24) is 15.0 Å². The summed E-state index contributed by atoms with van der Waals surface area (Å²) in [5.41, 5.74) is 0.672. The Kier molecular flexibility index (Phi) is 7.61. The molecular formula is C18H21N3O6S. The minimum atomic E-state index is -3.82. The Labute approximate surface area is 162 Å². The van der Waals surface area contributed by atoms with Gasteiger partial charge in [-0.05, 0) is 30.7 Å². The van der Waals surface area contributed by atoms with Crippen LogP contribution in [0.3, 0.4) is 0 Å². The molecule has 10 heteroatoms. The summed E-state index contributed by atoms with van der Waals surface area (Å²) >= 11 is 0. The number of hydrogen-bond acceptors (Lipinski definition) is 7. The average molecular weight is 407 g/mol. The molecule has 3 N–H and O–H groups in total. The summed E-state index contributed by atoms with van der Waals surface area (Å²) in [6.07, 6.45) is 2.45. The van der Waals surface area contributed by atoms with Gasteiger partial charge in [0.2, 0.25) is 10.0 Å². The maximum absolute atomic E-state index is 12.4. The van der Waals surface area contributed by atoms with E-state index in [2.05, 4.69) is 15.0 Å². The Bertz CT molecular complexity index is 915. The van der Waals surface area contributed by atoms with E-state index in [4.69, 9.17) is 9.84 Å². The summed E-state index contributed by atoms with van der Waals surface area (Å²) in [6.45, 7) is 1.13. The first-order valence-electron chi connectivity index (χ1n) is 8.44. The number of nitrogens with one attached hydrogen (secondary N) is 2. The minimum absolute atomic E-state index is 0.0195. The first kappa shape index (κ1) is 21.5. The molecule has 0 saturated carbocycles. The molecule has 0 fully saturated rings. The third-order valence-corrected chi connectivity index (χ3v) is 5.20. The van der Waals surface area contributed by atoms with Crippen LogP contribution >= 0.6 is 0 Å². The third kappa shape index (κ3) is 5.84. The number of carbonyl (C=O) groups excluding carboxylic acids is 2. The number of benzene rings is 1. The molecule has 1 atom stereocenters. The molecule has 2 aromatic rings. The number of amides is 1. The smallest absolute Gasteiger partial charge is 0.253 e. The SMILES string of the molecule is CCC(C=O)NC(=O)c1ccc(CNS(=O)(=O)c2cccc(OCO)c2)nc1. The molecule has 1 aromatic heterocycles. The number of hydrogen-bond donors (Lipinski definition) is 3. The van der Waals surface area contributed by atoms with Crippen LogP contribution in [0, 0.1) is 0 Å².